The average Bonchev–Trinajstić information content (AvgIpc) is 3.26. The lowest BCUT2D eigenvalue weighted by Crippen LogP contribution is -2.44. The van der Waals surface area contributed by atoms with Crippen LogP contribution in [-0.2, 0) is 6.18 Å². The topological polar surface area (TPSA) is 9.23 Å². The summed E-state index contributed by atoms with van der Waals surface area (Å²) in [5, 5.41) is 0. The fourth-order valence-electron chi connectivity index (χ4n) is 7.29. The van der Waals surface area contributed by atoms with Crippen molar-refractivity contribution in [3.05, 3.63) is 40.8 Å². The molecule has 1 aromatic rings. The molecule has 0 amide bonds. The standard InChI is InChI=1S/C25H35F3OSi/c1-14(2)30(15(3)4,16(5)6)13-22-24-18-8-7-17(11-18)23(24)20-12-19(25(26,27)28)9-10-21(20)29-22/h9-10,12-18,23-24H,7-8,11H2,1-6H3/b22-13-. The molecule has 30 heavy (non-hydrogen) atoms. The maximum absolute atomic E-state index is 13.4. The number of rotatable bonds is 4. The van der Waals surface area contributed by atoms with Gasteiger partial charge in [0.1, 0.15) is 11.5 Å². The zero-order chi connectivity index (χ0) is 22.0. The van der Waals surface area contributed by atoms with E-state index < -0.39 is 19.8 Å². The van der Waals surface area contributed by atoms with Gasteiger partial charge in [-0.1, -0.05) is 47.2 Å². The molecule has 1 aromatic carbocycles. The third-order valence-electron chi connectivity index (χ3n) is 8.56. The molecular weight excluding hydrogens is 401 g/mol. The Morgan fingerprint density at radius 1 is 0.933 bits per heavy atom. The number of benzene rings is 1. The Bertz CT molecular complexity index is 818. The molecule has 0 spiro atoms. The van der Waals surface area contributed by atoms with Crippen molar-refractivity contribution in [3.63, 3.8) is 0 Å². The number of halogens is 3. The van der Waals surface area contributed by atoms with E-state index in [1.54, 1.807) is 6.07 Å². The van der Waals surface area contributed by atoms with Crippen molar-refractivity contribution in [1.82, 2.24) is 0 Å². The normalized spacial score (nSPS) is 29.7. The van der Waals surface area contributed by atoms with Crippen molar-refractivity contribution in [2.45, 2.75) is 89.5 Å². The van der Waals surface area contributed by atoms with Crippen LogP contribution in [0.4, 0.5) is 13.2 Å². The molecule has 2 fully saturated rings. The highest BCUT2D eigenvalue weighted by molar-refractivity contribution is 6.88. The first-order chi connectivity index (χ1) is 14.0. The van der Waals surface area contributed by atoms with Gasteiger partial charge in [0, 0.05) is 11.8 Å². The molecule has 4 atom stereocenters. The van der Waals surface area contributed by atoms with Gasteiger partial charge in [-0.15, -0.1) is 0 Å². The van der Waals surface area contributed by atoms with Gasteiger partial charge in [0.2, 0.25) is 0 Å². The lowest BCUT2D eigenvalue weighted by atomic mass is 9.73. The lowest BCUT2D eigenvalue weighted by molar-refractivity contribution is -0.137. The third-order valence-corrected chi connectivity index (χ3v) is 15.3. The van der Waals surface area contributed by atoms with Crippen LogP contribution in [0, 0.1) is 17.8 Å². The predicted octanol–water partition coefficient (Wildman–Crippen LogP) is 8.33. The number of allylic oxidation sites excluding steroid dienone is 1. The molecule has 166 valence electrons. The zero-order valence-electron chi connectivity index (χ0n) is 19.0. The molecule has 2 aliphatic carbocycles. The van der Waals surface area contributed by atoms with E-state index >= 15 is 0 Å². The van der Waals surface area contributed by atoms with E-state index in [0.717, 1.165) is 24.2 Å². The van der Waals surface area contributed by atoms with E-state index in [0.29, 0.717) is 34.2 Å². The monoisotopic (exact) mass is 436 g/mol. The summed E-state index contributed by atoms with van der Waals surface area (Å²) in [7, 11) is -1.83. The summed E-state index contributed by atoms with van der Waals surface area (Å²) in [6, 6.07) is 4.13. The summed E-state index contributed by atoms with van der Waals surface area (Å²) in [6.07, 6.45) is -0.866. The first-order valence-corrected chi connectivity index (χ1v) is 13.9. The number of hydrogen-bond acceptors (Lipinski definition) is 1. The number of fused-ring (bicyclic) bond motifs is 7. The molecule has 1 heterocycles. The van der Waals surface area contributed by atoms with Gasteiger partial charge in [0.25, 0.3) is 0 Å². The van der Waals surface area contributed by atoms with Crippen LogP contribution < -0.4 is 4.74 Å². The highest BCUT2D eigenvalue weighted by Crippen LogP contribution is 2.63. The SMILES string of the molecule is CC(C)[Si](/C=C1\Oc2ccc(C(F)(F)F)cc2C2C3CCC(C3)C12)(C(C)C)C(C)C. The maximum Gasteiger partial charge on any atom is 0.416 e. The number of alkyl halides is 3. The summed E-state index contributed by atoms with van der Waals surface area (Å²) in [5.41, 5.74) is 4.53. The molecule has 4 rings (SSSR count). The fraction of sp³-hybridized carbons (Fsp3) is 0.680. The highest BCUT2D eigenvalue weighted by Gasteiger charge is 2.54. The minimum atomic E-state index is -4.31. The number of ether oxygens (including phenoxy) is 1. The van der Waals surface area contributed by atoms with Crippen LogP contribution in [0.3, 0.4) is 0 Å². The van der Waals surface area contributed by atoms with Crippen molar-refractivity contribution >= 4 is 8.07 Å². The summed E-state index contributed by atoms with van der Waals surface area (Å²) < 4.78 is 46.7. The molecule has 0 radical (unpaired) electrons. The first-order valence-electron chi connectivity index (χ1n) is 11.6. The van der Waals surface area contributed by atoms with E-state index in [1.807, 2.05) is 0 Å². The Kier molecular flexibility index (Phi) is 5.44. The lowest BCUT2D eigenvalue weighted by Gasteiger charge is -2.44. The van der Waals surface area contributed by atoms with Crippen molar-refractivity contribution in [2.24, 2.45) is 17.8 Å². The predicted molar refractivity (Wildman–Crippen MR) is 118 cm³/mol. The quantitative estimate of drug-likeness (QED) is 0.431. The van der Waals surface area contributed by atoms with E-state index in [2.05, 4.69) is 47.2 Å². The van der Waals surface area contributed by atoms with Gasteiger partial charge < -0.3 is 4.74 Å². The number of hydrogen-bond donors (Lipinski definition) is 0. The summed E-state index contributed by atoms with van der Waals surface area (Å²) in [5.74, 6) is 3.21. The van der Waals surface area contributed by atoms with E-state index in [-0.39, 0.29) is 11.8 Å². The summed E-state index contributed by atoms with van der Waals surface area (Å²) in [6.45, 7) is 14.0. The van der Waals surface area contributed by atoms with Gasteiger partial charge in [-0.05, 0) is 71.5 Å². The first kappa shape index (κ1) is 22.0. The Morgan fingerprint density at radius 2 is 1.50 bits per heavy atom. The largest absolute Gasteiger partial charge is 0.462 e. The van der Waals surface area contributed by atoms with E-state index in [1.165, 1.54) is 18.6 Å². The molecule has 2 bridgehead atoms. The summed E-state index contributed by atoms with van der Waals surface area (Å²) >= 11 is 0. The van der Waals surface area contributed by atoms with Crippen LogP contribution in [0.5, 0.6) is 5.75 Å². The third kappa shape index (κ3) is 3.27. The molecule has 2 saturated carbocycles. The van der Waals surface area contributed by atoms with Crippen LogP contribution in [0.2, 0.25) is 16.6 Å². The van der Waals surface area contributed by atoms with Crippen molar-refractivity contribution in [2.75, 3.05) is 0 Å². The Hall–Kier alpha value is -1.23. The second-order valence-electron chi connectivity index (χ2n) is 10.7. The molecule has 5 heteroatoms. The van der Waals surface area contributed by atoms with Gasteiger partial charge in [-0.25, -0.2) is 0 Å². The van der Waals surface area contributed by atoms with Gasteiger partial charge in [-0.3, -0.25) is 0 Å². The Balaban J connectivity index is 1.85. The molecular formula is C25H35F3OSi. The van der Waals surface area contributed by atoms with Crippen LogP contribution in [0.15, 0.2) is 29.7 Å². The van der Waals surface area contributed by atoms with Crippen LogP contribution in [0.25, 0.3) is 0 Å². The van der Waals surface area contributed by atoms with E-state index in [4.69, 9.17) is 4.74 Å². The molecule has 3 aliphatic rings. The Morgan fingerprint density at radius 3 is 2.03 bits per heavy atom. The smallest absolute Gasteiger partial charge is 0.416 e. The van der Waals surface area contributed by atoms with Crippen molar-refractivity contribution < 1.29 is 17.9 Å². The highest BCUT2D eigenvalue weighted by atomic mass is 28.3. The molecule has 1 aliphatic heterocycles. The van der Waals surface area contributed by atoms with Crippen LogP contribution >= 0.6 is 0 Å². The van der Waals surface area contributed by atoms with Crippen LogP contribution in [0.1, 0.15) is 77.8 Å². The average molecular weight is 437 g/mol. The minimum Gasteiger partial charge on any atom is -0.462 e. The molecule has 4 unspecified atom stereocenters. The fourth-order valence-corrected chi connectivity index (χ4v) is 13.0. The zero-order valence-corrected chi connectivity index (χ0v) is 20.0. The van der Waals surface area contributed by atoms with Crippen LogP contribution in [-0.4, -0.2) is 8.07 Å². The van der Waals surface area contributed by atoms with Gasteiger partial charge in [-0.2, -0.15) is 13.2 Å². The van der Waals surface area contributed by atoms with Gasteiger partial charge in [0.15, 0.2) is 0 Å². The molecule has 1 nitrogen and oxygen atoms in total. The van der Waals surface area contributed by atoms with Crippen molar-refractivity contribution in [1.29, 1.82) is 0 Å². The molecule has 0 saturated heterocycles. The summed E-state index contributed by atoms with van der Waals surface area (Å²) in [4.78, 5) is 0. The molecule has 0 aromatic heterocycles. The van der Waals surface area contributed by atoms with Gasteiger partial charge >= 0.3 is 6.18 Å². The van der Waals surface area contributed by atoms with Gasteiger partial charge in [0.05, 0.1) is 13.6 Å². The minimum absolute atomic E-state index is 0.180. The van der Waals surface area contributed by atoms with E-state index in [9.17, 15) is 13.2 Å². The maximum atomic E-state index is 13.4. The second-order valence-corrected chi connectivity index (χ2v) is 16.5. The van der Waals surface area contributed by atoms with Crippen molar-refractivity contribution in [3.8, 4) is 5.75 Å². The molecule has 0 N–H and O–H groups in total. The Labute approximate surface area is 180 Å². The second kappa shape index (κ2) is 7.42.